The number of aromatic nitrogens is 1. The van der Waals surface area contributed by atoms with Gasteiger partial charge >= 0.3 is 0 Å². The molecule has 0 aromatic carbocycles. The van der Waals surface area contributed by atoms with E-state index in [2.05, 4.69) is 10.3 Å². The molecule has 1 aromatic heterocycles. The molecule has 1 unspecified atom stereocenters. The van der Waals surface area contributed by atoms with Crippen LogP contribution in [0, 0.1) is 0 Å². The van der Waals surface area contributed by atoms with Crippen molar-refractivity contribution in [2.75, 3.05) is 19.7 Å². The number of pyridine rings is 1. The van der Waals surface area contributed by atoms with E-state index in [0.717, 1.165) is 5.69 Å². The summed E-state index contributed by atoms with van der Waals surface area (Å²) in [6.45, 7) is 1.65. The summed E-state index contributed by atoms with van der Waals surface area (Å²) in [4.78, 5) is 17.5. The summed E-state index contributed by atoms with van der Waals surface area (Å²) in [6.07, 6.45) is 1.74. The monoisotopic (exact) mass is 221 g/mol. The van der Waals surface area contributed by atoms with Gasteiger partial charge in [-0.3, -0.25) is 14.7 Å². The van der Waals surface area contributed by atoms with Crippen molar-refractivity contribution in [3.8, 4) is 0 Å². The van der Waals surface area contributed by atoms with Crippen LogP contribution in [0.25, 0.3) is 0 Å². The lowest BCUT2D eigenvalue weighted by Gasteiger charge is -2.31. The van der Waals surface area contributed by atoms with E-state index in [4.69, 9.17) is 5.11 Å². The zero-order valence-electron chi connectivity index (χ0n) is 8.97. The molecule has 0 spiro atoms. The number of amides is 1. The fraction of sp³-hybridized carbons (Fsp3) is 0.455. The number of aliphatic hydroxyl groups excluding tert-OH is 1. The highest BCUT2D eigenvalue weighted by Crippen LogP contribution is 2.05. The SMILES string of the molecule is O=C1CN(Cc2ccccn2)CC(CO)N1. The molecule has 5 nitrogen and oxygen atoms in total. The zero-order valence-corrected chi connectivity index (χ0v) is 8.97. The minimum atomic E-state index is -0.162. The maximum atomic E-state index is 11.3. The zero-order chi connectivity index (χ0) is 11.4. The van der Waals surface area contributed by atoms with E-state index >= 15 is 0 Å². The highest BCUT2D eigenvalue weighted by Gasteiger charge is 2.23. The second-order valence-electron chi connectivity index (χ2n) is 3.94. The first kappa shape index (κ1) is 11.0. The lowest BCUT2D eigenvalue weighted by atomic mass is 10.2. The van der Waals surface area contributed by atoms with E-state index in [9.17, 15) is 4.79 Å². The quantitative estimate of drug-likeness (QED) is 0.713. The van der Waals surface area contributed by atoms with Gasteiger partial charge in [-0.15, -0.1) is 0 Å². The Bertz CT molecular complexity index is 356. The van der Waals surface area contributed by atoms with Crippen LogP contribution >= 0.6 is 0 Å². The van der Waals surface area contributed by atoms with Crippen molar-refractivity contribution >= 4 is 5.91 Å². The molecule has 86 valence electrons. The van der Waals surface area contributed by atoms with Gasteiger partial charge in [0.1, 0.15) is 0 Å². The Balaban J connectivity index is 1.97. The van der Waals surface area contributed by atoms with Gasteiger partial charge in [0.15, 0.2) is 0 Å². The van der Waals surface area contributed by atoms with E-state index < -0.39 is 0 Å². The van der Waals surface area contributed by atoms with Gasteiger partial charge in [0, 0.05) is 19.3 Å². The molecule has 0 saturated carbocycles. The third-order valence-electron chi connectivity index (χ3n) is 2.54. The Labute approximate surface area is 94.1 Å². The smallest absolute Gasteiger partial charge is 0.234 e. The van der Waals surface area contributed by atoms with Crippen LogP contribution in [0.3, 0.4) is 0 Å². The number of aliphatic hydroxyl groups is 1. The fourth-order valence-corrected chi connectivity index (χ4v) is 1.84. The number of hydrogen-bond acceptors (Lipinski definition) is 4. The third-order valence-corrected chi connectivity index (χ3v) is 2.54. The van der Waals surface area contributed by atoms with Gasteiger partial charge in [-0.05, 0) is 12.1 Å². The molecule has 2 N–H and O–H groups in total. The largest absolute Gasteiger partial charge is 0.394 e. The number of nitrogens with zero attached hydrogens (tertiary/aromatic N) is 2. The molecule has 1 aromatic rings. The van der Waals surface area contributed by atoms with Crippen molar-refractivity contribution < 1.29 is 9.90 Å². The molecule has 0 radical (unpaired) electrons. The second-order valence-corrected chi connectivity index (χ2v) is 3.94. The predicted molar refractivity (Wildman–Crippen MR) is 58.5 cm³/mol. The minimum absolute atomic E-state index is 0.0234. The predicted octanol–water partition coefficient (Wildman–Crippen LogP) is -0.626. The van der Waals surface area contributed by atoms with Crippen molar-refractivity contribution in [2.45, 2.75) is 12.6 Å². The Hall–Kier alpha value is -1.46. The van der Waals surface area contributed by atoms with Gasteiger partial charge in [0.25, 0.3) is 0 Å². The van der Waals surface area contributed by atoms with Crippen molar-refractivity contribution in [1.82, 2.24) is 15.2 Å². The summed E-state index contributed by atoms with van der Waals surface area (Å²) < 4.78 is 0. The molecule has 16 heavy (non-hydrogen) atoms. The van der Waals surface area contributed by atoms with Crippen molar-refractivity contribution in [1.29, 1.82) is 0 Å². The van der Waals surface area contributed by atoms with E-state index in [1.165, 1.54) is 0 Å². The fourth-order valence-electron chi connectivity index (χ4n) is 1.84. The Morgan fingerprint density at radius 3 is 3.12 bits per heavy atom. The average molecular weight is 221 g/mol. The summed E-state index contributed by atoms with van der Waals surface area (Å²) in [6, 6.07) is 5.56. The van der Waals surface area contributed by atoms with Gasteiger partial charge in [-0.2, -0.15) is 0 Å². The van der Waals surface area contributed by atoms with Crippen LogP contribution in [-0.2, 0) is 11.3 Å². The number of piperazine rings is 1. The normalized spacial score (nSPS) is 21.8. The van der Waals surface area contributed by atoms with Gasteiger partial charge in [-0.25, -0.2) is 0 Å². The molecule has 1 atom stereocenters. The topological polar surface area (TPSA) is 65.5 Å². The van der Waals surface area contributed by atoms with Gasteiger partial charge < -0.3 is 10.4 Å². The first-order valence-corrected chi connectivity index (χ1v) is 5.30. The van der Waals surface area contributed by atoms with E-state index in [1.807, 2.05) is 23.1 Å². The lowest BCUT2D eigenvalue weighted by molar-refractivity contribution is -0.126. The van der Waals surface area contributed by atoms with Crippen LogP contribution in [-0.4, -0.2) is 46.6 Å². The average Bonchev–Trinajstić information content (AvgIpc) is 2.29. The highest BCUT2D eigenvalue weighted by atomic mass is 16.3. The molecule has 1 fully saturated rings. The maximum Gasteiger partial charge on any atom is 0.234 e. The molecule has 1 saturated heterocycles. The first-order valence-electron chi connectivity index (χ1n) is 5.30. The maximum absolute atomic E-state index is 11.3. The number of nitrogens with one attached hydrogen (secondary N) is 1. The van der Waals surface area contributed by atoms with Gasteiger partial charge in [0.05, 0.1) is 24.9 Å². The Kier molecular flexibility index (Phi) is 3.48. The molecule has 0 aliphatic carbocycles. The molecule has 1 aliphatic heterocycles. The van der Waals surface area contributed by atoms with Crippen molar-refractivity contribution in [3.63, 3.8) is 0 Å². The van der Waals surface area contributed by atoms with Crippen LogP contribution in [0.2, 0.25) is 0 Å². The number of rotatable bonds is 3. The second kappa shape index (κ2) is 5.05. The summed E-state index contributed by atoms with van der Waals surface area (Å²) in [7, 11) is 0. The van der Waals surface area contributed by atoms with Crippen LogP contribution in [0.15, 0.2) is 24.4 Å². The highest BCUT2D eigenvalue weighted by molar-refractivity contribution is 5.79. The molecule has 1 amide bonds. The molecular weight excluding hydrogens is 206 g/mol. The molecule has 5 heteroatoms. The number of hydrogen-bond donors (Lipinski definition) is 2. The summed E-state index contributed by atoms with van der Waals surface area (Å²) in [5.41, 5.74) is 0.939. The molecule has 1 aliphatic rings. The van der Waals surface area contributed by atoms with Crippen molar-refractivity contribution in [3.05, 3.63) is 30.1 Å². The minimum Gasteiger partial charge on any atom is -0.394 e. The van der Waals surface area contributed by atoms with Crippen LogP contribution in [0.4, 0.5) is 0 Å². The summed E-state index contributed by atoms with van der Waals surface area (Å²) in [5, 5.41) is 11.8. The van der Waals surface area contributed by atoms with E-state index in [-0.39, 0.29) is 18.6 Å². The van der Waals surface area contributed by atoms with E-state index in [0.29, 0.717) is 19.6 Å². The van der Waals surface area contributed by atoms with Gasteiger partial charge in [-0.1, -0.05) is 6.07 Å². The summed E-state index contributed by atoms with van der Waals surface area (Å²) in [5.74, 6) is -0.0405. The van der Waals surface area contributed by atoms with E-state index in [1.54, 1.807) is 6.20 Å². The van der Waals surface area contributed by atoms with Crippen LogP contribution < -0.4 is 5.32 Å². The Morgan fingerprint density at radius 2 is 2.44 bits per heavy atom. The first-order chi connectivity index (χ1) is 7.78. The standard InChI is InChI=1S/C11H15N3O2/c15-8-10-6-14(7-11(16)13-10)5-9-3-1-2-4-12-9/h1-4,10,15H,5-8H2,(H,13,16). The van der Waals surface area contributed by atoms with Crippen LogP contribution in [0.1, 0.15) is 5.69 Å². The van der Waals surface area contributed by atoms with Crippen LogP contribution in [0.5, 0.6) is 0 Å². The molecule has 2 rings (SSSR count). The number of carbonyl (C=O) groups excluding carboxylic acids is 1. The molecule has 0 bridgehead atoms. The lowest BCUT2D eigenvalue weighted by Crippen LogP contribution is -2.55. The van der Waals surface area contributed by atoms with Gasteiger partial charge in [0.2, 0.25) is 5.91 Å². The third kappa shape index (κ3) is 2.77. The summed E-state index contributed by atoms with van der Waals surface area (Å²) >= 11 is 0. The molecule has 2 heterocycles. The molecular formula is C11H15N3O2. The Morgan fingerprint density at radius 1 is 1.56 bits per heavy atom. The van der Waals surface area contributed by atoms with Crippen molar-refractivity contribution in [2.24, 2.45) is 0 Å². The number of carbonyl (C=O) groups is 1.